The third-order valence-electron chi connectivity index (χ3n) is 2.67. The zero-order valence-corrected chi connectivity index (χ0v) is 12.3. The molecule has 0 bridgehead atoms. The Hall–Kier alpha value is -1.93. The second kappa shape index (κ2) is 7.75. The summed E-state index contributed by atoms with van der Waals surface area (Å²) in [5.41, 5.74) is 0. The number of methoxy groups -OCH3 is 1. The Morgan fingerprint density at radius 1 is 1.29 bits per heavy atom. The van der Waals surface area contributed by atoms with E-state index in [1.54, 1.807) is 18.2 Å². The molecule has 1 rings (SSSR count). The fourth-order valence-electron chi connectivity index (χ4n) is 1.58. The molecule has 1 amide bonds. The van der Waals surface area contributed by atoms with Crippen LogP contribution in [-0.2, 0) is 24.2 Å². The maximum absolute atomic E-state index is 12.0. The van der Waals surface area contributed by atoms with Gasteiger partial charge in [0, 0.05) is 13.5 Å². The van der Waals surface area contributed by atoms with Crippen LogP contribution >= 0.6 is 0 Å². The molecule has 1 unspecified atom stereocenters. The van der Waals surface area contributed by atoms with Gasteiger partial charge in [-0.05, 0) is 12.1 Å². The summed E-state index contributed by atoms with van der Waals surface area (Å²) in [4.78, 5) is 22.6. The first kappa shape index (κ1) is 17.1. The van der Waals surface area contributed by atoms with Gasteiger partial charge in [-0.2, -0.15) is 0 Å². The van der Waals surface area contributed by atoms with Crippen LogP contribution in [0.3, 0.4) is 0 Å². The maximum atomic E-state index is 12.0. The highest BCUT2D eigenvalue weighted by Gasteiger charge is 2.21. The van der Waals surface area contributed by atoms with E-state index in [0.29, 0.717) is 0 Å². The minimum Gasteiger partial charge on any atom is -0.480 e. The quantitative estimate of drug-likeness (QED) is 0.702. The fraction of sp³-hybridized carbons (Fsp3) is 0.385. The molecule has 8 heteroatoms. The summed E-state index contributed by atoms with van der Waals surface area (Å²) in [5, 5.41) is 11.1. The molecule has 0 aromatic heterocycles. The summed E-state index contributed by atoms with van der Waals surface area (Å²) >= 11 is 0. The highest BCUT2D eigenvalue weighted by Crippen LogP contribution is 2.11. The van der Waals surface area contributed by atoms with Gasteiger partial charge in [-0.25, -0.2) is 13.2 Å². The van der Waals surface area contributed by atoms with E-state index in [1.165, 1.54) is 19.2 Å². The average Bonchev–Trinajstić information content (AvgIpc) is 2.45. The van der Waals surface area contributed by atoms with Crippen molar-refractivity contribution in [2.75, 3.05) is 19.5 Å². The van der Waals surface area contributed by atoms with Crippen molar-refractivity contribution in [3.05, 3.63) is 30.3 Å². The summed E-state index contributed by atoms with van der Waals surface area (Å²) < 4.78 is 28.6. The van der Waals surface area contributed by atoms with E-state index in [4.69, 9.17) is 5.11 Å². The van der Waals surface area contributed by atoms with Crippen molar-refractivity contribution < 1.29 is 27.9 Å². The molecule has 1 aromatic carbocycles. The van der Waals surface area contributed by atoms with Crippen LogP contribution in [0, 0.1) is 0 Å². The minimum atomic E-state index is -3.56. The number of nitrogens with one attached hydrogen (secondary N) is 1. The van der Waals surface area contributed by atoms with Gasteiger partial charge >= 0.3 is 5.97 Å². The van der Waals surface area contributed by atoms with E-state index in [-0.39, 0.29) is 23.7 Å². The third kappa shape index (κ3) is 5.52. The van der Waals surface area contributed by atoms with Crippen LogP contribution in [-0.4, -0.2) is 50.9 Å². The van der Waals surface area contributed by atoms with Gasteiger partial charge in [0.15, 0.2) is 15.9 Å². The molecule has 1 atom stereocenters. The topological polar surface area (TPSA) is 110 Å². The van der Waals surface area contributed by atoms with Crippen LogP contribution < -0.4 is 5.32 Å². The van der Waals surface area contributed by atoms with E-state index in [9.17, 15) is 18.0 Å². The zero-order chi connectivity index (χ0) is 15.9. The summed E-state index contributed by atoms with van der Waals surface area (Å²) in [6.07, 6.45) is -0.315. The molecule has 7 nitrogen and oxygen atoms in total. The molecule has 0 heterocycles. The van der Waals surface area contributed by atoms with E-state index >= 15 is 0 Å². The molecule has 0 fully saturated rings. The normalized spacial score (nSPS) is 12.6. The molecule has 0 saturated carbocycles. The average molecular weight is 315 g/mol. The Labute approximate surface area is 122 Å². The van der Waals surface area contributed by atoms with Crippen LogP contribution in [0.2, 0.25) is 0 Å². The van der Waals surface area contributed by atoms with Crippen molar-refractivity contribution in [1.82, 2.24) is 5.32 Å². The van der Waals surface area contributed by atoms with E-state index in [2.05, 4.69) is 10.1 Å². The van der Waals surface area contributed by atoms with Crippen LogP contribution in [0.5, 0.6) is 0 Å². The number of carboxylic acid groups (broad SMARTS) is 1. The monoisotopic (exact) mass is 315 g/mol. The minimum absolute atomic E-state index is 0.129. The van der Waals surface area contributed by atoms with E-state index in [1.807, 2.05) is 0 Å². The lowest BCUT2D eigenvalue weighted by Gasteiger charge is -2.13. The Morgan fingerprint density at radius 3 is 2.43 bits per heavy atom. The molecule has 2 N–H and O–H groups in total. The lowest BCUT2D eigenvalue weighted by atomic mass is 10.3. The molecule has 0 aliphatic rings. The number of aliphatic carboxylic acids is 1. The van der Waals surface area contributed by atoms with Gasteiger partial charge in [-0.1, -0.05) is 18.2 Å². The Bertz CT molecular complexity index is 584. The van der Waals surface area contributed by atoms with Crippen molar-refractivity contribution in [3.63, 3.8) is 0 Å². The van der Waals surface area contributed by atoms with Gasteiger partial charge in [0.2, 0.25) is 5.91 Å². The van der Waals surface area contributed by atoms with Crippen LogP contribution in [0.1, 0.15) is 6.42 Å². The van der Waals surface area contributed by atoms with Gasteiger partial charge in [-0.3, -0.25) is 4.79 Å². The third-order valence-corrected chi connectivity index (χ3v) is 4.40. The fourth-order valence-corrected chi connectivity index (χ4v) is 2.84. The number of carbonyl (C=O) groups excluding carboxylic acids is 1. The van der Waals surface area contributed by atoms with Gasteiger partial charge in [0.1, 0.15) is 0 Å². The van der Waals surface area contributed by atoms with Crippen molar-refractivity contribution in [2.24, 2.45) is 0 Å². The Morgan fingerprint density at radius 2 is 1.90 bits per heavy atom. The Kier molecular flexibility index (Phi) is 6.32. The molecular weight excluding hydrogens is 298 g/mol. The number of hydrogen-bond acceptors (Lipinski definition) is 5. The van der Waals surface area contributed by atoms with Crippen LogP contribution in [0.15, 0.2) is 35.2 Å². The lowest BCUT2D eigenvalue weighted by molar-refractivity contribution is -0.143. The number of benzene rings is 1. The van der Waals surface area contributed by atoms with E-state index in [0.717, 1.165) is 0 Å². The van der Waals surface area contributed by atoms with Gasteiger partial charge in [-0.15, -0.1) is 0 Å². The highest BCUT2D eigenvalue weighted by atomic mass is 32.2. The smallest absolute Gasteiger partial charge is 0.328 e. The molecule has 0 aliphatic carbocycles. The summed E-state index contributed by atoms with van der Waals surface area (Å²) in [7, 11) is -2.26. The first-order chi connectivity index (χ1) is 9.86. The molecule has 0 saturated heterocycles. The number of amides is 1. The first-order valence-electron chi connectivity index (χ1n) is 6.15. The van der Waals surface area contributed by atoms with Gasteiger partial charge < -0.3 is 15.2 Å². The molecule has 0 aliphatic heterocycles. The van der Waals surface area contributed by atoms with Gasteiger partial charge in [0.25, 0.3) is 0 Å². The molecule has 21 heavy (non-hydrogen) atoms. The number of hydrogen-bond donors (Lipinski definition) is 2. The molecule has 116 valence electrons. The molecule has 1 aromatic rings. The number of ether oxygens (including phenoxy) is 1. The highest BCUT2D eigenvalue weighted by molar-refractivity contribution is 7.91. The molecular formula is C13H17NO6S. The summed E-state index contributed by atoms with van der Waals surface area (Å²) in [6.45, 7) is -0.188. The Balaban J connectivity index is 2.58. The predicted molar refractivity (Wildman–Crippen MR) is 74.6 cm³/mol. The van der Waals surface area contributed by atoms with Crippen molar-refractivity contribution >= 4 is 21.7 Å². The number of carboxylic acids is 1. The molecule has 0 spiro atoms. The van der Waals surface area contributed by atoms with Crippen LogP contribution in [0.4, 0.5) is 0 Å². The predicted octanol–water partition coefficient (Wildman–Crippen LogP) is 0.0662. The standard InChI is InChI=1S/C13H17NO6S/c1-20-9-11(13(16)17)14-12(15)7-8-21(18,19)10-5-3-2-4-6-10/h2-6,11H,7-9H2,1H3,(H,14,15)(H,16,17). The number of rotatable bonds is 8. The molecule has 0 radical (unpaired) electrons. The SMILES string of the molecule is COCC(NC(=O)CCS(=O)(=O)c1ccccc1)C(=O)O. The largest absolute Gasteiger partial charge is 0.480 e. The van der Waals surface area contributed by atoms with Crippen molar-refractivity contribution in [1.29, 1.82) is 0 Å². The first-order valence-corrected chi connectivity index (χ1v) is 7.81. The van der Waals surface area contributed by atoms with Crippen LogP contribution in [0.25, 0.3) is 0 Å². The second-order valence-electron chi connectivity index (χ2n) is 4.30. The summed E-state index contributed by atoms with van der Waals surface area (Å²) in [6, 6.07) is 6.56. The maximum Gasteiger partial charge on any atom is 0.328 e. The number of carbonyl (C=O) groups is 2. The van der Waals surface area contributed by atoms with Gasteiger partial charge in [0.05, 0.1) is 17.3 Å². The second-order valence-corrected chi connectivity index (χ2v) is 6.40. The van der Waals surface area contributed by atoms with Crippen molar-refractivity contribution in [3.8, 4) is 0 Å². The zero-order valence-electron chi connectivity index (χ0n) is 11.5. The van der Waals surface area contributed by atoms with E-state index < -0.39 is 27.8 Å². The van der Waals surface area contributed by atoms with Crippen molar-refractivity contribution in [2.45, 2.75) is 17.4 Å². The summed E-state index contributed by atoms with van der Waals surface area (Å²) in [5.74, 6) is -2.28. The number of sulfone groups is 1. The lowest BCUT2D eigenvalue weighted by Crippen LogP contribution is -2.44.